The lowest BCUT2D eigenvalue weighted by molar-refractivity contribution is 0.0466. The normalized spacial score (nSPS) is 15.4. The minimum absolute atomic E-state index is 0.297. The Bertz CT molecular complexity index is 281. The predicted molar refractivity (Wildman–Crippen MR) is 50.9 cm³/mol. The summed E-state index contributed by atoms with van der Waals surface area (Å²) in [6, 6.07) is 6.13. The van der Waals surface area contributed by atoms with Gasteiger partial charge in [0.25, 0.3) is 0 Å². The van der Waals surface area contributed by atoms with Gasteiger partial charge in [0.2, 0.25) is 0 Å². The molecular formula is C11H15FO. The van der Waals surface area contributed by atoms with Crippen LogP contribution in [0.4, 0.5) is 4.39 Å². The first-order valence-corrected chi connectivity index (χ1v) is 4.54. The van der Waals surface area contributed by atoms with E-state index >= 15 is 0 Å². The summed E-state index contributed by atoms with van der Waals surface area (Å²) in [5.74, 6) is -0.297. The summed E-state index contributed by atoms with van der Waals surface area (Å²) in [7, 11) is 0. The highest BCUT2D eigenvalue weighted by Crippen LogP contribution is 2.25. The monoisotopic (exact) mass is 182 g/mol. The lowest BCUT2D eigenvalue weighted by atomic mass is 9.91. The second-order valence-electron chi connectivity index (χ2n) is 3.53. The third-order valence-electron chi connectivity index (χ3n) is 2.18. The van der Waals surface area contributed by atoms with E-state index in [9.17, 15) is 9.50 Å². The van der Waals surface area contributed by atoms with Gasteiger partial charge in [0.05, 0.1) is 5.60 Å². The Hall–Kier alpha value is -0.890. The second kappa shape index (κ2) is 3.88. The Morgan fingerprint density at radius 1 is 1.46 bits per heavy atom. The summed E-state index contributed by atoms with van der Waals surface area (Å²) in [6.45, 7) is 3.71. The van der Waals surface area contributed by atoms with Crippen LogP contribution in [0.1, 0.15) is 32.3 Å². The molecule has 2 heteroatoms. The summed E-state index contributed by atoms with van der Waals surface area (Å²) in [5.41, 5.74) is -0.258. The van der Waals surface area contributed by atoms with E-state index in [0.717, 1.165) is 6.42 Å². The molecule has 0 heterocycles. The molecule has 13 heavy (non-hydrogen) atoms. The number of benzene rings is 1. The number of aliphatic hydroxyl groups is 1. The van der Waals surface area contributed by atoms with Gasteiger partial charge in [0, 0.05) is 0 Å². The summed E-state index contributed by atoms with van der Waals surface area (Å²) in [4.78, 5) is 0. The first-order valence-electron chi connectivity index (χ1n) is 4.54. The van der Waals surface area contributed by atoms with Gasteiger partial charge >= 0.3 is 0 Å². The molecule has 1 rings (SSSR count). The van der Waals surface area contributed by atoms with E-state index in [0.29, 0.717) is 12.0 Å². The highest BCUT2D eigenvalue weighted by atomic mass is 19.1. The molecular weight excluding hydrogens is 167 g/mol. The number of halogens is 1. The minimum Gasteiger partial charge on any atom is -0.385 e. The number of hydrogen-bond acceptors (Lipinski definition) is 1. The quantitative estimate of drug-likeness (QED) is 0.762. The van der Waals surface area contributed by atoms with E-state index in [1.807, 2.05) is 6.92 Å². The van der Waals surface area contributed by atoms with Gasteiger partial charge in [-0.05, 0) is 31.0 Å². The Morgan fingerprint density at radius 2 is 2.15 bits per heavy atom. The van der Waals surface area contributed by atoms with Gasteiger partial charge in [-0.2, -0.15) is 0 Å². The molecule has 0 radical (unpaired) electrons. The fourth-order valence-corrected chi connectivity index (χ4v) is 1.45. The SMILES string of the molecule is CCC[C@@](C)(O)c1cccc(F)c1. The van der Waals surface area contributed by atoms with Crippen LogP contribution in [0, 0.1) is 5.82 Å². The molecule has 0 aromatic heterocycles. The molecule has 0 aliphatic heterocycles. The molecule has 1 nitrogen and oxygen atoms in total. The molecule has 1 atom stereocenters. The van der Waals surface area contributed by atoms with E-state index in [1.54, 1.807) is 19.1 Å². The maximum Gasteiger partial charge on any atom is 0.123 e. The largest absolute Gasteiger partial charge is 0.385 e. The smallest absolute Gasteiger partial charge is 0.123 e. The van der Waals surface area contributed by atoms with Crippen LogP contribution in [0.15, 0.2) is 24.3 Å². The lowest BCUT2D eigenvalue weighted by Gasteiger charge is -2.23. The third-order valence-corrected chi connectivity index (χ3v) is 2.18. The molecule has 0 saturated heterocycles. The highest BCUT2D eigenvalue weighted by Gasteiger charge is 2.21. The van der Waals surface area contributed by atoms with Gasteiger partial charge in [-0.3, -0.25) is 0 Å². The van der Waals surface area contributed by atoms with E-state index in [1.165, 1.54) is 12.1 Å². The number of hydrogen-bond donors (Lipinski definition) is 1. The highest BCUT2D eigenvalue weighted by molar-refractivity contribution is 5.22. The molecule has 1 N–H and O–H groups in total. The van der Waals surface area contributed by atoms with Gasteiger partial charge < -0.3 is 5.11 Å². The summed E-state index contributed by atoms with van der Waals surface area (Å²) < 4.78 is 12.8. The molecule has 0 spiro atoms. The predicted octanol–water partition coefficient (Wildman–Crippen LogP) is 2.83. The molecule has 0 saturated carbocycles. The third kappa shape index (κ3) is 2.52. The Labute approximate surface area is 78.2 Å². The van der Waals surface area contributed by atoms with Crippen LogP contribution >= 0.6 is 0 Å². The van der Waals surface area contributed by atoms with Gasteiger partial charge in [0.1, 0.15) is 5.82 Å². The standard InChI is InChI=1S/C11H15FO/c1-3-7-11(2,13)9-5-4-6-10(12)8-9/h4-6,8,13H,3,7H2,1-2H3/t11-/m1/s1. The van der Waals surface area contributed by atoms with Crippen molar-refractivity contribution in [1.82, 2.24) is 0 Å². The maximum absolute atomic E-state index is 12.8. The van der Waals surface area contributed by atoms with Gasteiger partial charge in [-0.1, -0.05) is 25.5 Å². The molecule has 0 bridgehead atoms. The zero-order valence-electron chi connectivity index (χ0n) is 8.05. The maximum atomic E-state index is 12.8. The average molecular weight is 182 g/mol. The molecule has 0 fully saturated rings. The van der Waals surface area contributed by atoms with Crippen molar-refractivity contribution in [1.29, 1.82) is 0 Å². The average Bonchev–Trinajstić information content (AvgIpc) is 2.04. The van der Waals surface area contributed by atoms with E-state index in [4.69, 9.17) is 0 Å². The minimum atomic E-state index is -0.906. The summed E-state index contributed by atoms with van der Waals surface area (Å²) in [6.07, 6.45) is 1.53. The molecule has 0 aliphatic carbocycles. The van der Waals surface area contributed by atoms with Crippen molar-refractivity contribution in [3.05, 3.63) is 35.6 Å². The van der Waals surface area contributed by atoms with Crippen LogP contribution < -0.4 is 0 Å². The number of rotatable bonds is 3. The van der Waals surface area contributed by atoms with Gasteiger partial charge in [0.15, 0.2) is 0 Å². The van der Waals surface area contributed by atoms with Gasteiger partial charge in [-0.25, -0.2) is 4.39 Å². The van der Waals surface area contributed by atoms with Crippen LogP contribution in [0.5, 0.6) is 0 Å². The van der Waals surface area contributed by atoms with Crippen LogP contribution in [-0.4, -0.2) is 5.11 Å². The first kappa shape index (κ1) is 10.2. The topological polar surface area (TPSA) is 20.2 Å². The van der Waals surface area contributed by atoms with Crippen LogP contribution in [0.2, 0.25) is 0 Å². The lowest BCUT2D eigenvalue weighted by Crippen LogP contribution is -2.20. The van der Waals surface area contributed by atoms with E-state index < -0.39 is 5.60 Å². The fraction of sp³-hybridized carbons (Fsp3) is 0.455. The Kier molecular flexibility index (Phi) is 3.04. The van der Waals surface area contributed by atoms with Crippen molar-refractivity contribution in [3.63, 3.8) is 0 Å². The molecule has 1 aromatic carbocycles. The summed E-state index contributed by atoms with van der Waals surface area (Å²) >= 11 is 0. The second-order valence-corrected chi connectivity index (χ2v) is 3.53. The van der Waals surface area contributed by atoms with E-state index in [2.05, 4.69) is 0 Å². The van der Waals surface area contributed by atoms with Crippen molar-refractivity contribution >= 4 is 0 Å². The van der Waals surface area contributed by atoms with Crippen molar-refractivity contribution < 1.29 is 9.50 Å². The van der Waals surface area contributed by atoms with Crippen molar-refractivity contribution in [2.24, 2.45) is 0 Å². The molecule has 0 aliphatic rings. The molecule has 1 aromatic rings. The van der Waals surface area contributed by atoms with Crippen LogP contribution in [0.25, 0.3) is 0 Å². The van der Waals surface area contributed by atoms with Gasteiger partial charge in [-0.15, -0.1) is 0 Å². The summed E-state index contributed by atoms with van der Waals surface area (Å²) in [5, 5.41) is 9.94. The zero-order chi connectivity index (χ0) is 9.90. The zero-order valence-corrected chi connectivity index (χ0v) is 8.05. The van der Waals surface area contributed by atoms with E-state index in [-0.39, 0.29) is 5.82 Å². The molecule has 0 unspecified atom stereocenters. The molecule has 72 valence electrons. The van der Waals surface area contributed by atoms with Crippen LogP contribution in [0.3, 0.4) is 0 Å². The first-order chi connectivity index (χ1) is 6.06. The van der Waals surface area contributed by atoms with Crippen molar-refractivity contribution in [3.8, 4) is 0 Å². The fourth-order valence-electron chi connectivity index (χ4n) is 1.45. The Balaban J connectivity index is 2.93. The Morgan fingerprint density at radius 3 is 2.69 bits per heavy atom. The molecule has 0 amide bonds. The van der Waals surface area contributed by atoms with Crippen molar-refractivity contribution in [2.45, 2.75) is 32.3 Å². The van der Waals surface area contributed by atoms with Crippen LogP contribution in [-0.2, 0) is 5.60 Å². The van der Waals surface area contributed by atoms with Crippen molar-refractivity contribution in [2.75, 3.05) is 0 Å².